The molecule has 180 valence electrons. The van der Waals surface area contributed by atoms with Crippen LogP contribution in [0.25, 0.3) is 5.76 Å². The lowest BCUT2D eigenvalue weighted by molar-refractivity contribution is -0.137. The zero-order valence-corrected chi connectivity index (χ0v) is 18.7. The van der Waals surface area contributed by atoms with E-state index in [4.69, 9.17) is 16.3 Å². The number of ether oxygens (including phenoxy) is 1. The van der Waals surface area contributed by atoms with Crippen molar-refractivity contribution >= 4 is 34.7 Å². The van der Waals surface area contributed by atoms with Gasteiger partial charge in [-0.25, -0.2) is 4.39 Å². The Hall–Kier alpha value is -3.85. The Balaban J connectivity index is 1.94. The summed E-state index contributed by atoms with van der Waals surface area (Å²) in [5, 5.41) is 11.4. The molecule has 0 aliphatic carbocycles. The summed E-state index contributed by atoms with van der Waals surface area (Å²) >= 11 is 6.05. The van der Waals surface area contributed by atoms with Crippen LogP contribution >= 0.6 is 11.6 Å². The minimum absolute atomic E-state index is 0.0217. The van der Waals surface area contributed by atoms with Gasteiger partial charge >= 0.3 is 6.18 Å². The molecule has 1 fully saturated rings. The van der Waals surface area contributed by atoms with Crippen LogP contribution in [0.5, 0.6) is 5.75 Å². The van der Waals surface area contributed by atoms with E-state index in [9.17, 15) is 32.3 Å². The molecule has 0 radical (unpaired) electrons. The SMILES string of the molecule is COc1ccc(Cl)cc1/C(O)=C1\C(=O)C(=O)N(c2ccc(C(F)(F)F)cc2)C1c1ccc(F)cc1. The number of benzene rings is 3. The van der Waals surface area contributed by atoms with Gasteiger partial charge in [-0.3, -0.25) is 14.5 Å². The molecule has 1 unspecified atom stereocenters. The summed E-state index contributed by atoms with van der Waals surface area (Å²) in [5.74, 6) is -3.20. The minimum Gasteiger partial charge on any atom is -0.507 e. The van der Waals surface area contributed by atoms with E-state index in [2.05, 4.69) is 0 Å². The molecular weight excluding hydrogens is 490 g/mol. The number of aliphatic hydroxyl groups excluding tert-OH is 1. The average molecular weight is 506 g/mol. The van der Waals surface area contributed by atoms with E-state index in [1.807, 2.05) is 0 Å². The summed E-state index contributed by atoms with van der Waals surface area (Å²) in [6.07, 6.45) is -4.60. The molecule has 1 atom stereocenters. The number of methoxy groups -OCH3 is 1. The number of hydrogen-bond donors (Lipinski definition) is 1. The normalized spacial score (nSPS) is 17.7. The number of rotatable bonds is 4. The van der Waals surface area contributed by atoms with Crippen molar-refractivity contribution in [1.82, 2.24) is 0 Å². The third-order valence-corrected chi connectivity index (χ3v) is 5.75. The lowest BCUT2D eigenvalue weighted by atomic mass is 9.94. The van der Waals surface area contributed by atoms with Gasteiger partial charge in [-0.15, -0.1) is 0 Å². The first-order chi connectivity index (χ1) is 16.5. The Morgan fingerprint density at radius 2 is 1.63 bits per heavy atom. The summed E-state index contributed by atoms with van der Waals surface area (Å²) in [6, 6.07) is 11.5. The van der Waals surface area contributed by atoms with Crippen molar-refractivity contribution in [3.05, 3.63) is 99.8 Å². The van der Waals surface area contributed by atoms with Crippen molar-refractivity contribution in [2.45, 2.75) is 12.2 Å². The second-order valence-electron chi connectivity index (χ2n) is 7.61. The highest BCUT2D eigenvalue weighted by Crippen LogP contribution is 2.44. The number of anilines is 1. The number of carbonyl (C=O) groups excluding carboxylic acids is 2. The van der Waals surface area contributed by atoms with Gasteiger partial charge in [-0.1, -0.05) is 23.7 Å². The van der Waals surface area contributed by atoms with E-state index in [1.54, 1.807) is 0 Å². The first-order valence-electron chi connectivity index (χ1n) is 10.1. The second-order valence-corrected chi connectivity index (χ2v) is 8.05. The smallest absolute Gasteiger partial charge is 0.416 e. The van der Waals surface area contributed by atoms with E-state index in [0.29, 0.717) is 0 Å². The number of amides is 1. The van der Waals surface area contributed by atoms with E-state index >= 15 is 0 Å². The maximum Gasteiger partial charge on any atom is 0.416 e. The number of alkyl halides is 3. The fourth-order valence-corrected chi connectivity index (χ4v) is 4.05. The van der Waals surface area contributed by atoms with Crippen LogP contribution in [-0.4, -0.2) is 23.9 Å². The maximum absolute atomic E-state index is 13.6. The average Bonchev–Trinajstić information content (AvgIpc) is 3.09. The molecule has 0 bridgehead atoms. The quantitative estimate of drug-likeness (QED) is 0.200. The van der Waals surface area contributed by atoms with Gasteiger partial charge in [0.15, 0.2) is 0 Å². The van der Waals surface area contributed by atoms with Gasteiger partial charge in [0.25, 0.3) is 11.7 Å². The third-order valence-electron chi connectivity index (χ3n) is 5.52. The molecule has 1 aliphatic rings. The van der Waals surface area contributed by atoms with Gasteiger partial charge in [0.05, 0.1) is 29.9 Å². The highest BCUT2D eigenvalue weighted by atomic mass is 35.5. The number of nitrogens with zero attached hydrogens (tertiary/aromatic N) is 1. The number of halogens is 5. The molecule has 4 rings (SSSR count). The zero-order valence-electron chi connectivity index (χ0n) is 17.9. The fraction of sp³-hybridized carbons (Fsp3) is 0.120. The zero-order chi connectivity index (χ0) is 25.5. The largest absolute Gasteiger partial charge is 0.507 e. The predicted octanol–water partition coefficient (Wildman–Crippen LogP) is 6.13. The van der Waals surface area contributed by atoms with Crippen molar-refractivity contribution in [1.29, 1.82) is 0 Å². The van der Waals surface area contributed by atoms with E-state index < -0.39 is 41.0 Å². The van der Waals surface area contributed by atoms with Crippen LogP contribution in [0.1, 0.15) is 22.7 Å². The van der Waals surface area contributed by atoms with Crippen LogP contribution in [0.4, 0.5) is 23.2 Å². The van der Waals surface area contributed by atoms with Gasteiger partial charge < -0.3 is 9.84 Å². The molecule has 3 aromatic carbocycles. The molecule has 1 N–H and O–H groups in total. The number of aliphatic hydroxyl groups is 1. The molecule has 5 nitrogen and oxygen atoms in total. The van der Waals surface area contributed by atoms with E-state index in [0.717, 1.165) is 41.3 Å². The maximum atomic E-state index is 13.6. The number of carbonyl (C=O) groups is 2. The van der Waals surface area contributed by atoms with Crippen LogP contribution in [-0.2, 0) is 15.8 Å². The minimum atomic E-state index is -4.60. The second kappa shape index (κ2) is 9.07. The Morgan fingerprint density at radius 3 is 2.20 bits per heavy atom. The van der Waals surface area contributed by atoms with Crippen molar-refractivity contribution in [3.63, 3.8) is 0 Å². The molecule has 35 heavy (non-hydrogen) atoms. The summed E-state index contributed by atoms with van der Waals surface area (Å²) in [4.78, 5) is 27.2. The van der Waals surface area contributed by atoms with Gasteiger partial charge in [0.2, 0.25) is 0 Å². The lowest BCUT2D eigenvalue weighted by Crippen LogP contribution is -2.29. The van der Waals surface area contributed by atoms with Crippen LogP contribution in [0.3, 0.4) is 0 Å². The molecule has 0 saturated carbocycles. The molecule has 0 spiro atoms. The number of ketones is 1. The number of Topliss-reactive ketones (excluding diaryl/α,β-unsaturated/α-hetero) is 1. The van der Waals surface area contributed by atoms with Crippen LogP contribution in [0.2, 0.25) is 5.02 Å². The first kappa shape index (κ1) is 24.3. The Bertz CT molecular complexity index is 1340. The summed E-state index contributed by atoms with van der Waals surface area (Å²) < 4.78 is 58.0. The van der Waals surface area contributed by atoms with Gasteiger partial charge in [-0.05, 0) is 60.2 Å². The highest BCUT2D eigenvalue weighted by molar-refractivity contribution is 6.51. The standard InChI is InChI=1S/C25H16ClF4NO4/c1-35-19-11-6-15(26)12-18(19)22(32)20-21(13-2-7-16(27)8-3-13)31(24(34)23(20)33)17-9-4-14(5-10-17)25(28,29)30/h2-12,21,32H,1H3/b22-20+. The molecule has 1 amide bonds. The molecule has 10 heteroatoms. The Morgan fingerprint density at radius 1 is 1.00 bits per heavy atom. The molecule has 1 heterocycles. The summed E-state index contributed by atoms with van der Waals surface area (Å²) in [6.45, 7) is 0. The van der Waals surface area contributed by atoms with Crippen LogP contribution < -0.4 is 9.64 Å². The first-order valence-corrected chi connectivity index (χ1v) is 10.5. The van der Waals surface area contributed by atoms with Crippen LogP contribution in [0, 0.1) is 5.82 Å². The van der Waals surface area contributed by atoms with Gasteiger partial charge in [0.1, 0.15) is 17.3 Å². The molecular formula is C25H16ClF4NO4. The lowest BCUT2D eigenvalue weighted by Gasteiger charge is -2.26. The fourth-order valence-electron chi connectivity index (χ4n) is 3.88. The third kappa shape index (κ3) is 4.46. The van der Waals surface area contributed by atoms with E-state index in [-0.39, 0.29) is 33.2 Å². The van der Waals surface area contributed by atoms with Crippen molar-refractivity contribution in [3.8, 4) is 5.75 Å². The Labute approximate surface area is 201 Å². The van der Waals surface area contributed by atoms with Crippen molar-refractivity contribution in [2.24, 2.45) is 0 Å². The van der Waals surface area contributed by atoms with Crippen molar-refractivity contribution < 1.29 is 37.0 Å². The topological polar surface area (TPSA) is 66.8 Å². The Kier molecular flexibility index (Phi) is 6.29. The van der Waals surface area contributed by atoms with Crippen molar-refractivity contribution in [2.75, 3.05) is 12.0 Å². The van der Waals surface area contributed by atoms with Gasteiger partial charge in [0, 0.05) is 10.7 Å². The monoisotopic (exact) mass is 505 g/mol. The van der Waals surface area contributed by atoms with E-state index in [1.165, 1.54) is 37.4 Å². The molecule has 1 saturated heterocycles. The van der Waals surface area contributed by atoms with Gasteiger partial charge in [-0.2, -0.15) is 13.2 Å². The summed E-state index contributed by atoms with van der Waals surface area (Å²) in [7, 11) is 1.33. The predicted molar refractivity (Wildman–Crippen MR) is 121 cm³/mol. The highest BCUT2D eigenvalue weighted by Gasteiger charge is 2.47. The molecule has 0 aromatic heterocycles. The molecule has 3 aromatic rings. The molecule has 1 aliphatic heterocycles. The number of hydrogen-bond acceptors (Lipinski definition) is 4. The summed E-state index contributed by atoms with van der Waals surface area (Å²) in [5.41, 5.74) is -1.06. The van der Waals surface area contributed by atoms with Crippen LogP contribution in [0.15, 0.2) is 72.3 Å².